The van der Waals surface area contributed by atoms with E-state index in [1.807, 2.05) is 19.2 Å². The second-order valence-corrected chi connectivity index (χ2v) is 7.82. The summed E-state index contributed by atoms with van der Waals surface area (Å²) >= 11 is 1.45. The lowest BCUT2D eigenvalue weighted by Crippen LogP contribution is -2.33. The van der Waals surface area contributed by atoms with Crippen LogP contribution < -0.4 is 20.9 Å². The third-order valence-corrected chi connectivity index (χ3v) is 5.84. The van der Waals surface area contributed by atoms with Gasteiger partial charge in [-0.3, -0.25) is 9.79 Å². The lowest BCUT2D eigenvalue weighted by Gasteiger charge is -2.31. The molecule has 0 atom stereocenters. The van der Waals surface area contributed by atoms with Gasteiger partial charge in [-0.15, -0.1) is 20.4 Å². The predicted molar refractivity (Wildman–Crippen MR) is 114 cm³/mol. The molecule has 0 unspecified atom stereocenters. The van der Waals surface area contributed by atoms with E-state index >= 15 is 0 Å². The SMILES string of the molecule is CNc1ccc(N2CCC(c3nnc(NC(=O)CC4=CNCC=N4)s3)CC2)nn1. The average molecular weight is 414 g/mol. The highest BCUT2D eigenvalue weighted by Gasteiger charge is 2.25. The van der Waals surface area contributed by atoms with Crippen molar-refractivity contribution in [2.45, 2.75) is 25.2 Å². The third kappa shape index (κ3) is 4.86. The van der Waals surface area contributed by atoms with E-state index in [9.17, 15) is 4.79 Å². The number of hydrogen-bond donors (Lipinski definition) is 3. The zero-order valence-corrected chi connectivity index (χ0v) is 16.9. The Labute approximate surface area is 172 Å². The minimum absolute atomic E-state index is 0.141. The van der Waals surface area contributed by atoms with Crippen LogP contribution in [0.15, 0.2) is 29.0 Å². The van der Waals surface area contributed by atoms with Crippen LogP contribution in [0.2, 0.25) is 0 Å². The first-order valence-electron chi connectivity index (χ1n) is 9.56. The first-order chi connectivity index (χ1) is 14.2. The van der Waals surface area contributed by atoms with Crippen LogP contribution in [0.5, 0.6) is 0 Å². The molecule has 2 aromatic rings. The van der Waals surface area contributed by atoms with Gasteiger partial charge in [-0.25, -0.2) is 0 Å². The summed E-state index contributed by atoms with van der Waals surface area (Å²) in [6.07, 6.45) is 5.65. The number of aliphatic imine (C=N–C) groups is 1. The highest BCUT2D eigenvalue weighted by atomic mass is 32.1. The summed E-state index contributed by atoms with van der Waals surface area (Å²) in [4.78, 5) is 18.6. The van der Waals surface area contributed by atoms with E-state index < -0.39 is 0 Å². The molecule has 152 valence electrons. The number of hydrogen-bond acceptors (Lipinski definition) is 10. The van der Waals surface area contributed by atoms with Gasteiger partial charge >= 0.3 is 0 Å². The molecule has 2 aromatic heterocycles. The second-order valence-electron chi connectivity index (χ2n) is 6.81. The topological polar surface area (TPSA) is 120 Å². The van der Waals surface area contributed by atoms with Crippen molar-refractivity contribution in [2.75, 3.05) is 42.2 Å². The van der Waals surface area contributed by atoms with E-state index in [1.165, 1.54) is 11.3 Å². The van der Waals surface area contributed by atoms with Gasteiger partial charge in [-0.1, -0.05) is 11.3 Å². The average Bonchev–Trinajstić information content (AvgIpc) is 3.23. The van der Waals surface area contributed by atoms with E-state index in [0.29, 0.717) is 23.3 Å². The van der Waals surface area contributed by atoms with Crippen LogP contribution in [-0.4, -0.2) is 59.2 Å². The van der Waals surface area contributed by atoms with Crippen molar-refractivity contribution in [3.63, 3.8) is 0 Å². The molecule has 0 saturated carbocycles. The van der Waals surface area contributed by atoms with E-state index in [-0.39, 0.29) is 12.3 Å². The quantitative estimate of drug-likeness (QED) is 0.653. The van der Waals surface area contributed by atoms with Gasteiger partial charge in [0.15, 0.2) is 5.82 Å². The summed E-state index contributed by atoms with van der Waals surface area (Å²) in [6, 6.07) is 3.91. The van der Waals surface area contributed by atoms with Crippen LogP contribution in [0.4, 0.5) is 16.8 Å². The smallest absolute Gasteiger partial charge is 0.232 e. The predicted octanol–water partition coefficient (Wildman–Crippen LogP) is 1.60. The molecule has 2 aliphatic rings. The number of piperidine rings is 1. The van der Waals surface area contributed by atoms with Gasteiger partial charge in [-0.05, 0) is 25.0 Å². The van der Waals surface area contributed by atoms with Crippen LogP contribution >= 0.6 is 11.3 Å². The lowest BCUT2D eigenvalue weighted by molar-refractivity contribution is -0.115. The fraction of sp³-hybridized carbons (Fsp3) is 0.444. The number of nitrogens with one attached hydrogen (secondary N) is 3. The number of aromatic nitrogens is 4. The van der Waals surface area contributed by atoms with Crippen molar-refractivity contribution in [1.82, 2.24) is 25.7 Å². The van der Waals surface area contributed by atoms with Gasteiger partial charge in [0.25, 0.3) is 0 Å². The number of anilines is 3. The molecular formula is C18H23N9OS. The van der Waals surface area contributed by atoms with Crippen LogP contribution in [0.25, 0.3) is 0 Å². The molecule has 29 heavy (non-hydrogen) atoms. The minimum atomic E-state index is -0.141. The Kier molecular flexibility index (Phi) is 5.94. The summed E-state index contributed by atoms with van der Waals surface area (Å²) in [5, 5.41) is 27.2. The molecule has 0 bridgehead atoms. The summed E-state index contributed by atoms with van der Waals surface area (Å²) in [5.41, 5.74) is 0.705. The number of nitrogens with zero attached hydrogens (tertiary/aromatic N) is 6. The van der Waals surface area contributed by atoms with Crippen LogP contribution in [-0.2, 0) is 4.79 Å². The molecule has 4 heterocycles. The fourth-order valence-corrected chi connectivity index (χ4v) is 4.22. The molecule has 11 heteroatoms. The summed E-state index contributed by atoms with van der Waals surface area (Å²) in [7, 11) is 1.83. The van der Waals surface area contributed by atoms with Crippen LogP contribution in [0, 0.1) is 0 Å². The molecule has 0 radical (unpaired) electrons. The zero-order valence-electron chi connectivity index (χ0n) is 16.1. The lowest BCUT2D eigenvalue weighted by atomic mass is 9.98. The molecule has 10 nitrogen and oxygen atoms in total. The molecule has 0 aliphatic carbocycles. The van der Waals surface area contributed by atoms with Crippen molar-refractivity contribution in [3.8, 4) is 0 Å². The standard InChI is InChI=1S/C18H23N9OS/c1-19-14-2-3-15(24-23-14)27-8-4-12(5-9-27)17-25-26-18(29-17)22-16(28)10-13-11-20-6-7-21-13/h2-3,7,11-12,20H,4-6,8-10H2,1H3,(H,19,23)(H,22,26,28). The van der Waals surface area contributed by atoms with Crippen molar-refractivity contribution in [3.05, 3.63) is 29.0 Å². The van der Waals surface area contributed by atoms with E-state index in [2.05, 4.69) is 46.2 Å². The second kappa shape index (κ2) is 8.95. The van der Waals surface area contributed by atoms with Crippen molar-refractivity contribution in [1.29, 1.82) is 0 Å². The number of rotatable bonds is 6. The van der Waals surface area contributed by atoms with Gasteiger partial charge in [0.05, 0.1) is 12.1 Å². The summed E-state index contributed by atoms with van der Waals surface area (Å²) in [6.45, 7) is 2.47. The van der Waals surface area contributed by atoms with Crippen molar-refractivity contribution < 1.29 is 4.79 Å². The minimum Gasteiger partial charge on any atom is -0.384 e. The van der Waals surface area contributed by atoms with Gasteiger partial charge in [0.2, 0.25) is 11.0 Å². The van der Waals surface area contributed by atoms with Crippen molar-refractivity contribution >= 4 is 40.2 Å². The molecule has 1 saturated heterocycles. The highest BCUT2D eigenvalue weighted by molar-refractivity contribution is 7.15. The Hall–Kier alpha value is -3.08. The normalized spacial score (nSPS) is 16.9. The number of carbonyl (C=O) groups excluding carboxylic acids is 1. The Morgan fingerprint density at radius 2 is 2.10 bits per heavy atom. The molecule has 0 aromatic carbocycles. The van der Waals surface area contributed by atoms with Crippen LogP contribution in [0.3, 0.4) is 0 Å². The number of carbonyl (C=O) groups is 1. The molecule has 4 rings (SSSR count). The molecule has 0 spiro atoms. The Balaban J connectivity index is 1.29. The maximum absolute atomic E-state index is 12.2. The monoisotopic (exact) mass is 413 g/mol. The summed E-state index contributed by atoms with van der Waals surface area (Å²) in [5.74, 6) is 1.85. The first-order valence-corrected chi connectivity index (χ1v) is 10.4. The molecular weight excluding hydrogens is 390 g/mol. The Morgan fingerprint density at radius 1 is 1.24 bits per heavy atom. The van der Waals surface area contributed by atoms with Gasteiger partial charge in [-0.2, -0.15) is 0 Å². The summed E-state index contributed by atoms with van der Waals surface area (Å²) < 4.78 is 0. The zero-order chi connectivity index (χ0) is 20.1. The molecule has 2 aliphatic heterocycles. The van der Waals surface area contributed by atoms with Gasteiger partial charge < -0.3 is 20.9 Å². The van der Waals surface area contributed by atoms with Gasteiger partial charge in [0.1, 0.15) is 10.8 Å². The van der Waals surface area contributed by atoms with Gasteiger partial charge in [0, 0.05) is 45.0 Å². The molecule has 1 fully saturated rings. The third-order valence-electron chi connectivity index (χ3n) is 4.84. The Bertz CT molecular complexity index is 900. The Morgan fingerprint density at radius 3 is 2.79 bits per heavy atom. The van der Waals surface area contributed by atoms with E-state index in [4.69, 9.17) is 0 Å². The van der Waals surface area contributed by atoms with E-state index in [1.54, 1.807) is 12.4 Å². The number of amides is 1. The fourth-order valence-electron chi connectivity index (χ4n) is 3.29. The van der Waals surface area contributed by atoms with Crippen molar-refractivity contribution in [2.24, 2.45) is 4.99 Å². The highest BCUT2D eigenvalue weighted by Crippen LogP contribution is 2.33. The maximum atomic E-state index is 12.2. The molecule has 1 amide bonds. The van der Waals surface area contributed by atoms with E-state index in [0.717, 1.165) is 42.6 Å². The maximum Gasteiger partial charge on any atom is 0.232 e. The first kappa shape index (κ1) is 19.2. The van der Waals surface area contributed by atoms with Crippen LogP contribution in [0.1, 0.15) is 30.2 Å². The largest absolute Gasteiger partial charge is 0.384 e. The molecule has 3 N–H and O–H groups in total.